The molecule has 128 valence electrons. The molecule has 2 heterocycles. The highest BCUT2D eigenvalue weighted by Gasteiger charge is 2.27. The van der Waals surface area contributed by atoms with Crippen molar-refractivity contribution in [3.05, 3.63) is 90.0 Å². The third-order valence-corrected chi connectivity index (χ3v) is 5.20. The molecule has 1 atom stereocenters. The number of fused-ring (bicyclic) bond motifs is 2. The smallest absolute Gasteiger partial charge is 0.113 e. The highest BCUT2D eigenvalue weighted by Crippen LogP contribution is 2.37. The molecular weight excluding hydrogens is 320 g/mol. The van der Waals surface area contributed by atoms with Gasteiger partial charge < -0.3 is 4.90 Å². The van der Waals surface area contributed by atoms with Crippen LogP contribution in [0.5, 0.6) is 0 Å². The van der Waals surface area contributed by atoms with Crippen LogP contribution in [-0.2, 0) is 6.54 Å². The Morgan fingerprint density at radius 2 is 1.62 bits per heavy atom. The molecule has 0 spiro atoms. The van der Waals surface area contributed by atoms with Crippen molar-refractivity contribution >= 4 is 16.7 Å². The predicted octanol–water partition coefficient (Wildman–Crippen LogP) is 4.43. The van der Waals surface area contributed by atoms with Crippen LogP contribution >= 0.6 is 0 Å². The van der Waals surface area contributed by atoms with Crippen molar-refractivity contribution < 1.29 is 0 Å². The van der Waals surface area contributed by atoms with Gasteiger partial charge in [-0.15, -0.1) is 5.10 Å². The van der Waals surface area contributed by atoms with Gasteiger partial charge in [-0.25, -0.2) is 4.68 Å². The average Bonchev–Trinajstić information content (AvgIpc) is 3.13. The van der Waals surface area contributed by atoms with Gasteiger partial charge >= 0.3 is 0 Å². The molecule has 0 saturated carbocycles. The van der Waals surface area contributed by atoms with Crippen LogP contribution in [-0.4, -0.2) is 21.5 Å². The van der Waals surface area contributed by atoms with E-state index >= 15 is 0 Å². The average molecular weight is 340 g/mol. The molecule has 0 fully saturated rings. The minimum atomic E-state index is 0.227. The first-order chi connectivity index (χ1) is 12.9. The van der Waals surface area contributed by atoms with Gasteiger partial charge in [0.25, 0.3) is 0 Å². The quantitative estimate of drug-likeness (QED) is 0.553. The maximum atomic E-state index is 4.48. The molecule has 0 saturated heterocycles. The summed E-state index contributed by atoms with van der Waals surface area (Å²) in [5.74, 6) is 0. The Labute approximate surface area is 152 Å². The van der Waals surface area contributed by atoms with E-state index in [2.05, 4.69) is 86.6 Å². The van der Waals surface area contributed by atoms with Gasteiger partial charge in [-0.3, -0.25) is 0 Å². The number of hydrogen-bond donors (Lipinski definition) is 0. The molecule has 0 N–H and O–H groups in total. The molecule has 0 aliphatic carbocycles. The van der Waals surface area contributed by atoms with Crippen molar-refractivity contribution in [1.29, 1.82) is 0 Å². The molecule has 1 aromatic heterocycles. The Morgan fingerprint density at radius 1 is 0.846 bits per heavy atom. The lowest BCUT2D eigenvalue weighted by Gasteiger charge is -2.36. The summed E-state index contributed by atoms with van der Waals surface area (Å²) < 4.78 is 2.09. The first-order valence-electron chi connectivity index (χ1n) is 9.08. The molecule has 4 aromatic rings. The maximum absolute atomic E-state index is 4.48. The fraction of sp³-hybridized carbons (Fsp3) is 0.182. The first-order valence-corrected chi connectivity index (χ1v) is 9.08. The topological polar surface area (TPSA) is 34.0 Å². The number of nitrogens with zero attached hydrogens (tertiary/aromatic N) is 4. The zero-order chi connectivity index (χ0) is 17.3. The van der Waals surface area contributed by atoms with Gasteiger partial charge in [-0.05, 0) is 30.2 Å². The SMILES string of the molecule is c1ccc(CN2CCC(n3nnc4ccccc43)c3ccccc32)cc1. The number of benzene rings is 3. The number of anilines is 1. The summed E-state index contributed by atoms with van der Waals surface area (Å²) in [5, 5.41) is 8.83. The zero-order valence-corrected chi connectivity index (χ0v) is 14.5. The molecule has 4 nitrogen and oxygen atoms in total. The molecule has 1 unspecified atom stereocenters. The summed E-state index contributed by atoms with van der Waals surface area (Å²) in [6.07, 6.45) is 1.03. The Kier molecular flexibility index (Phi) is 3.67. The molecule has 3 aromatic carbocycles. The van der Waals surface area contributed by atoms with Crippen molar-refractivity contribution in [2.45, 2.75) is 19.0 Å². The van der Waals surface area contributed by atoms with Crippen LogP contribution in [0.1, 0.15) is 23.6 Å². The largest absolute Gasteiger partial charge is 0.367 e. The lowest BCUT2D eigenvalue weighted by molar-refractivity contribution is 0.468. The third-order valence-electron chi connectivity index (χ3n) is 5.20. The zero-order valence-electron chi connectivity index (χ0n) is 14.5. The maximum Gasteiger partial charge on any atom is 0.113 e. The standard InChI is InChI=1S/C22H20N4/c1-2-8-17(9-3-1)16-25-15-14-21(18-10-4-6-12-20(18)25)26-22-13-7-5-11-19(22)23-24-26/h1-13,21H,14-16H2. The van der Waals surface area contributed by atoms with Gasteiger partial charge in [0.2, 0.25) is 0 Å². The highest BCUT2D eigenvalue weighted by atomic mass is 15.4. The van der Waals surface area contributed by atoms with Crippen molar-refractivity contribution in [1.82, 2.24) is 15.0 Å². The molecule has 1 aliphatic heterocycles. The predicted molar refractivity (Wildman–Crippen MR) is 104 cm³/mol. The fourth-order valence-electron chi connectivity index (χ4n) is 3.95. The monoisotopic (exact) mass is 340 g/mol. The summed E-state index contributed by atoms with van der Waals surface area (Å²) in [4.78, 5) is 2.47. The molecular formula is C22H20N4. The Bertz CT molecular complexity index is 1040. The summed E-state index contributed by atoms with van der Waals surface area (Å²) in [5.41, 5.74) is 6.02. The molecule has 0 bridgehead atoms. The Morgan fingerprint density at radius 3 is 2.54 bits per heavy atom. The lowest BCUT2D eigenvalue weighted by atomic mass is 9.95. The number of aromatic nitrogens is 3. The lowest BCUT2D eigenvalue weighted by Crippen LogP contribution is -2.33. The van der Waals surface area contributed by atoms with Crippen molar-refractivity contribution in [3.63, 3.8) is 0 Å². The summed E-state index contributed by atoms with van der Waals surface area (Å²) >= 11 is 0. The van der Waals surface area contributed by atoms with E-state index in [0.29, 0.717) is 0 Å². The van der Waals surface area contributed by atoms with Crippen LogP contribution in [0, 0.1) is 0 Å². The van der Waals surface area contributed by atoms with Gasteiger partial charge in [-0.1, -0.05) is 65.9 Å². The van der Waals surface area contributed by atoms with Crippen LogP contribution in [0.15, 0.2) is 78.9 Å². The second-order valence-electron chi connectivity index (χ2n) is 6.79. The normalized spacial score (nSPS) is 16.6. The van der Waals surface area contributed by atoms with Gasteiger partial charge in [0.15, 0.2) is 0 Å². The van der Waals surface area contributed by atoms with Crippen LogP contribution in [0.25, 0.3) is 11.0 Å². The minimum absolute atomic E-state index is 0.227. The van der Waals surface area contributed by atoms with E-state index in [1.54, 1.807) is 0 Å². The first kappa shape index (κ1) is 15.1. The van der Waals surface area contributed by atoms with E-state index in [1.807, 2.05) is 12.1 Å². The molecule has 4 heteroatoms. The Hall–Kier alpha value is -3.14. The van der Waals surface area contributed by atoms with E-state index in [-0.39, 0.29) is 6.04 Å². The third kappa shape index (κ3) is 2.54. The highest BCUT2D eigenvalue weighted by molar-refractivity contribution is 5.74. The molecule has 5 rings (SSSR count). The van der Waals surface area contributed by atoms with E-state index in [0.717, 1.165) is 30.5 Å². The van der Waals surface area contributed by atoms with E-state index in [1.165, 1.54) is 16.8 Å². The van der Waals surface area contributed by atoms with Crippen molar-refractivity contribution in [2.75, 3.05) is 11.4 Å². The van der Waals surface area contributed by atoms with E-state index in [9.17, 15) is 0 Å². The van der Waals surface area contributed by atoms with Crippen LogP contribution in [0.2, 0.25) is 0 Å². The number of hydrogen-bond acceptors (Lipinski definition) is 3. The number of para-hydroxylation sites is 2. The fourth-order valence-corrected chi connectivity index (χ4v) is 3.95. The van der Waals surface area contributed by atoms with Crippen LogP contribution in [0.3, 0.4) is 0 Å². The van der Waals surface area contributed by atoms with Gasteiger partial charge in [-0.2, -0.15) is 0 Å². The van der Waals surface area contributed by atoms with E-state index < -0.39 is 0 Å². The van der Waals surface area contributed by atoms with Crippen molar-refractivity contribution in [2.24, 2.45) is 0 Å². The van der Waals surface area contributed by atoms with Gasteiger partial charge in [0.1, 0.15) is 5.52 Å². The van der Waals surface area contributed by atoms with Crippen molar-refractivity contribution in [3.8, 4) is 0 Å². The Balaban J connectivity index is 1.54. The van der Waals surface area contributed by atoms with Crippen LogP contribution < -0.4 is 4.90 Å². The molecule has 0 radical (unpaired) electrons. The summed E-state index contributed by atoms with van der Waals surface area (Å²) in [6.45, 7) is 1.94. The van der Waals surface area contributed by atoms with Gasteiger partial charge in [0, 0.05) is 24.3 Å². The van der Waals surface area contributed by atoms with Gasteiger partial charge in [0.05, 0.1) is 11.6 Å². The molecule has 1 aliphatic rings. The summed E-state index contributed by atoms with van der Waals surface area (Å²) in [6, 6.07) is 27.8. The molecule has 0 amide bonds. The minimum Gasteiger partial charge on any atom is -0.367 e. The molecule has 26 heavy (non-hydrogen) atoms. The summed E-state index contributed by atoms with van der Waals surface area (Å²) in [7, 11) is 0. The second-order valence-corrected chi connectivity index (χ2v) is 6.79. The van der Waals surface area contributed by atoms with E-state index in [4.69, 9.17) is 0 Å². The number of rotatable bonds is 3. The second kappa shape index (κ2) is 6.30. The van der Waals surface area contributed by atoms with Crippen LogP contribution in [0.4, 0.5) is 5.69 Å².